The summed E-state index contributed by atoms with van der Waals surface area (Å²) in [5.41, 5.74) is 9.76. The highest BCUT2D eigenvalue weighted by Crippen LogP contribution is 2.25. The van der Waals surface area contributed by atoms with Crippen LogP contribution >= 0.6 is 0 Å². The van der Waals surface area contributed by atoms with E-state index in [0.717, 1.165) is 22.4 Å². The number of anilines is 1. The van der Waals surface area contributed by atoms with Crippen molar-refractivity contribution in [2.24, 2.45) is 0 Å². The van der Waals surface area contributed by atoms with Gasteiger partial charge in [0.05, 0.1) is 0 Å². The lowest BCUT2D eigenvalue weighted by Gasteiger charge is -1.95. The monoisotopic (exact) mass is 225 g/mol. The molecule has 2 heterocycles. The van der Waals surface area contributed by atoms with E-state index in [1.807, 2.05) is 25.1 Å². The standard InChI is InChI=1S/C13H11N3O/c1-8-6-9(4-5-15-8)13-16-11-7-10(14)2-3-12(11)17-13/h2-7H,14H2,1H3. The average molecular weight is 225 g/mol. The Balaban J connectivity index is 2.18. The summed E-state index contributed by atoms with van der Waals surface area (Å²) in [5.74, 6) is 0.594. The molecule has 0 aliphatic rings. The zero-order chi connectivity index (χ0) is 11.8. The van der Waals surface area contributed by atoms with Crippen LogP contribution in [0.1, 0.15) is 5.69 Å². The molecular formula is C13H11N3O. The van der Waals surface area contributed by atoms with Crippen molar-refractivity contribution >= 4 is 16.8 Å². The van der Waals surface area contributed by atoms with Gasteiger partial charge >= 0.3 is 0 Å². The largest absolute Gasteiger partial charge is 0.436 e. The van der Waals surface area contributed by atoms with Crippen LogP contribution in [0.3, 0.4) is 0 Å². The Morgan fingerprint density at radius 2 is 2.06 bits per heavy atom. The lowest BCUT2D eigenvalue weighted by Crippen LogP contribution is -1.83. The number of oxazole rings is 1. The molecule has 3 rings (SSSR count). The first-order valence-electron chi connectivity index (χ1n) is 5.31. The summed E-state index contributed by atoms with van der Waals surface area (Å²) >= 11 is 0. The molecule has 4 heteroatoms. The van der Waals surface area contributed by atoms with Crippen LogP contribution in [0, 0.1) is 6.92 Å². The van der Waals surface area contributed by atoms with Gasteiger partial charge in [-0.15, -0.1) is 0 Å². The summed E-state index contributed by atoms with van der Waals surface area (Å²) in [4.78, 5) is 8.55. The Labute approximate surface area is 98.1 Å². The van der Waals surface area contributed by atoms with Gasteiger partial charge < -0.3 is 10.2 Å². The number of nitrogens with two attached hydrogens (primary N) is 1. The van der Waals surface area contributed by atoms with Crippen LogP contribution in [0.25, 0.3) is 22.6 Å². The Kier molecular flexibility index (Phi) is 2.08. The predicted molar refractivity (Wildman–Crippen MR) is 66.4 cm³/mol. The summed E-state index contributed by atoms with van der Waals surface area (Å²) in [6.45, 7) is 1.93. The van der Waals surface area contributed by atoms with Crippen molar-refractivity contribution < 1.29 is 4.42 Å². The van der Waals surface area contributed by atoms with E-state index in [4.69, 9.17) is 10.2 Å². The molecule has 17 heavy (non-hydrogen) atoms. The average Bonchev–Trinajstić information content (AvgIpc) is 2.72. The SMILES string of the molecule is Cc1cc(-c2nc3cc(N)ccc3o2)ccn1. The third-order valence-electron chi connectivity index (χ3n) is 2.56. The van der Waals surface area contributed by atoms with Crippen molar-refractivity contribution in [3.63, 3.8) is 0 Å². The van der Waals surface area contributed by atoms with Crippen molar-refractivity contribution in [2.75, 3.05) is 5.73 Å². The molecule has 0 unspecified atom stereocenters. The van der Waals surface area contributed by atoms with E-state index in [1.165, 1.54) is 0 Å². The fraction of sp³-hybridized carbons (Fsp3) is 0.0769. The van der Waals surface area contributed by atoms with Crippen molar-refractivity contribution in [3.05, 3.63) is 42.2 Å². The molecule has 0 radical (unpaired) electrons. The third kappa shape index (κ3) is 1.73. The van der Waals surface area contributed by atoms with Gasteiger partial charge in [0, 0.05) is 23.1 Å². The molecule has 3 aromatic rings. The normalized spacial score (nSPS) is 10.9. The zero-order valence-electron chi connectivity index (χ0n) is 9.34. The minimum atomic E-state index is 0.594. The molecule has 2 aromatic heterocycles. The van der Waals surface area contributed by atoms with Gasteiger partial charge in [-0.05, 0) is 37.3 Å². The lowest BCUT2D eigenvalue weighted by molar-refractivity contribution is 0.619. The molecule has 0 spiro atoms. The molecule has 0 amide bonds. The number of pyridine rings is 1. The van der Waals surface area contributed by atoms with E-state index in [1.54, 1.807) is 18.3 Å². The quantitative estimate of drug-likeness (QED) is 0.647. The molecule has 4 nitrogen and oxygen atoms in total. The van der Waals surface area contributed by atoms with Crippen LogP contribution in [0.15, 0.2) is 40.9 Å². The first kappa shape index (κ1) is 9.84. The maximum atomic E-state index is 5.70. The molecule has 84 valence electrons. The summed E-state index contributed by atoms with van der Waals surface area (Å²) in [6, 6.07) is 9.25. The molecule has 0 aliphatic heterocycles. The summed E-state index contributed by atoms with van der Waals surface area (Å²) in [5, 5.41) is 0. The fourth-order valence-electron chi connectivity index (χ4n) is 1.75. The van der Waals surface area contributed by atoms with Gasteiger partial charge in [0.2, 0.25) is 5.89 Å². The van der Waals surface area contributed by atoms with Crippen molar-refractivity contribution in [3.8, 4) is 11.5 Å². The number of aromatic nitrogens is 2. The van der Waals surface area contributed by atoms with Crippen molar-refractivity contribution in [2.45, 2.75) is 6.92 Å². The van der Waals surface area contributed by atoms with Crippen LogP contribution < -0.4 is 5.73 Å². The van der Waals surface area contributed by atoms with Gasteiger partial charge in [-0.1, -0.05) is 0 Å². The van der Waals surface area contributed by atoms with E-state index in [9.17, 15) is 0 Å². The van der Waals surface area contributed by atoms with Crippen LogP contribution in [0.2, 0.25) is 0 Å². The number of aryl methyl sites for hydroxylation is 1. The Morgan fingerprint density at radius 1 is 1.18 bits per heavy atom. The summed E-state index contributed by atoms with van der Waals surface area (Å²) in [6.07, 6.45) is 1.74. The number of hydrogen-bond acceptors (Lipinski definition) is 4. The van der Waals surface area contributed by atoms with E-state index in [-0.39, 0.29) is 0 Å². The minimum absolute atomic E-state index is 0.594. The number of rotatable bonds is 1. The van der Waals surface area contributed by atoms with Crippen molar-refractivity contribution in [1.82, 2.24) is 9.97 Å². The molecular weight excluding hydrogens is 214 g/mol. The fourth-order valence-corrected chi connectivity index (χ4v) is 1.75. The number of benzene rings is 1. The number of hydrogen-bond donors (Lipinski definition) is 1. The Bertz CT molecular complexity index is 688. The second-order valence-electron chi connectivity index (χ2n) is 3.93. The highest BCUT2D eigenvalue weighted by atomic mass is 16.3. The second-order valence-corrected chi connectivity index (χ2v) is 3.93. The molecule has 0 aliphatic carbocycles. The topological polar surface area (TPSA) is 64.9 Å². The lowest BCUT2D eigenvalue weighted by atomic mass is 10.2. The predicted octanol–water partition coefficient (Wildman–Crippen LogP) is 2.78. The van der Waals surface area contributed by atoms with Gasteiger partial charge in [0.1, 0.15) is 5.52 Å². The van der Waals surface area contributed by atoms with Crippen LogP contribution in [-0.4, -0.2) is 9.97 Å². The smallest absolute Gasteiger partial charge is 0.227 e. The van der Waals surface area contributed by atoms with E-state index in [0.29, 0.717) is 11.6 Å². The first-order valence-corrected chi connectivity index (χ1v) is 5.31. The molecule has 0 fully saturated rings. The van der Waals surface area contributed by atoms with E-state index >= 15 is 0 Å². The highest BCUT2D eigenvalue weighted by Gasteiger charge is 2.08. The van der Waals surface area contributed by atoms with Crippen molar-refractivity contribution in [1.29, 1.82) is 0 Å². The molecule has 0 saturated carbocycles. The molecule has 0 saturated heterocycles. The number of nitrogens with zero attached hydrogens (tertiary/aromatic N) is 2. The van der Waals surface area contributed by atoms with Gasteiger partial charge in [-0.25, -0.2) is 4.98 Å². The number of fused-ring (bicyclic) bond motifs is 1. The van der Waals surface area contributed by atoms with Crippen LogP contribution in [0.5, 0.6) is 0 Å². The highest BCUT2D eigenvalue weighted by molar-refractivity contribution is 5.79. The maximum Gasteiger partial charge on any atom is 0.227 e. The molecule has 0 bridgehead atoms. The van der Waals surface area contributed by atoms with E-state index in [2.05, 4.69) is 9.97 Å². The van der Waals surface area contributed by atoms with E-state index < -0.39 is 0 Å². The van der Waals surface area contributed by atoms with Crippen LogP contribution in [-0.2, 0) is 0 Å². The van der Waals surface area contributed by atoms with Gasteiger partial charge in [-0.2, -0.15) is 0 Å². The number of nitrogen functional groups attached to an aromatic ring is 1. The first-order chi connectivity index (χ1) is 8.22. The Hall–Kier alpha value is -2.36. The Morgan fingerprint density at radius 3 is 2.88 bits per heavy atom. The second kappa shape index (κ2) is 3.59. The minimum Gasteiger partial charge on any atom is -0.436 e. The van der Waals surface area contributed by atoms with Gasteiger partial charge in [0.15, 0.2) is 5.58 Å². The summed E-state index contributed by atoms with van der Waals surface area (Å²) < 4.78 is 5.67. The summed E-state index contributed by atoms with van der Waals surface area (Å²) in [7, 11) is 0. The molecule has 2 N–H and O–H groups in total. The van der Waals surface area contributed by atoms with Crippen LogP contribution in [0.4, 0.5) is 5.69 Å². The maximum absolute atomic E-state index is 5.70. The van der Waals surface area contributed by atoms with Gasteiger partial charge in [0.25, 0.3) is 0 Å². The molecule has 0 atom stereocenters. The third-order valence-corrected chi connectivity index (χ3v) is 2.56. The van der Waals surface area contributed by atoms with Gasteiger partial charge in [-0.3, -0.25) is 4.98 Å². The zero-order valence-corrected chi connectivity index (χ0v) is 9.34. The molecule has 1 aromatic carbocycles.